The molecule has 2 aromatic heterocycles. The number of nitrogens with zero attached hydrogens (tertiary/aromatic N) is 3. The van der Waals surface area contributed by atoms with E-state index >= 15 is 0 Å². The molecule has 9 heteroatoms. The largest absolute Gasteiger partial charge is 0.419 e. The number of alkyl halides is 3. The Hall–Kier alpha value is -2.68. The van der Waals surface area contributed by atoms with Gasteiger partial charge in [-0.05, 0) is 38.5 Å². The van der Waals surface area contributed by atoms with Crippen LogP contribution in [0.15, 0.2) is 36.7 Å². The van der Waals surface area contributed by atoms with E-state index in [1.54, 1.807) is 29.8 Å². The molecule has 0 bridgehead atoms. The van der Waals surface area contributed by atoms with Gasteiger partial charge in [0.05, 0.1) is 17.2 Å². The van der Waals surface area contributed by atoms with Crippen molar-refractivity contribution in [1.82, 2.24) is 14.4 Å². The van der Waals surface area contributed by atoms with Crippen molar-refractivity contribution in [2.24, 2.45) is 0 Å². The van der Waals surface area contributed by atoms with E-state index in [9.17, 15) is 22.7 Å². The van der Waals surface area contributed by atoms with E-state index < -0.39 is 29.2 Å². The Kier molecular flexibility index (Phi) is 4.59. The fourth-order valence-corrected chi connectivity index (χ4v) is 2.88. The highest BCUT2D eigenvalue weighted by molar-refractivity contribution is 5.48. The summed E-state index contributed by atoms with van der Waals surface area (Å²) in [5.41, 5.74) is -1.36. The van der Waals surface area contributed by atoms with Crippen LogP contribution in [0, 0.1) is 12.7 Å². The van der Waals surface area contributed by atoms with Gasteiger partial charge in [0.1, 0.15) is 11.5 Å². The van der Waals surface area contributed by atoms with Crippen molar-refractivity contribution in [2.45, 2.75) is 38.6 Å². The summed E-state index contributed by atoms with van der Waals surface area (Å²) in [5.74, 6) is -1.07. The molecule has 3 rings (SSSR count). The number of hydrogen-bond acceptors (Lipinski definition) is 4. The molecule has 0 unspecified atom stereocenters. The number of imidazole rings is 1. The first-order valence-electron chi connectivity index (χ1n) is 8.13. The number of rotatable bonds is 4. The third kappa shape index (κ3) is 3.87. The Balaban J connectivity index is 2.05. The molecule has 5 nitrogen and oxygen atoms in total. The standard InChI is InChI=1S/C18H18F4N4O/c1-10-8-14-23-6-7-26(14)16(24-10)25-15(17(2,3)27)11-4-5-12(13(19)9-11)18(20,21)22/h4-9,15,27H,1-3H3,(H,24,25)/t15-/m0/s1. The number of nitrogens with one attached hydrogen (secondary N) is 1. The van der Waals surface area contributed by atoms with Gasteiger partial charge >= 0.3 is 6.18 Å². The number of benzene rings is 1. The number of anilines is 1. The number of hydrogen-bond donors (Lipinski definition) is 2. The van der Waals surface area contributed by atoms with Crippen molar-refractivity contribution in [1.29, 1.82) is 0 Å². The molecule has 27 heavy (non-hydrogen) atoms. The summed E-state index contributed by atoms with van der Waals surface area (Å²) in [5, 5.41) is 13.5. The molecule has 0 amide bonds. The molecule has 0 aliphatic rings. The molecule has 1 atom stereocenters. The van der Waals surface area contributed by atoms with Gasteiger partial charge in [-0.3, -0.25) is 4.40 Å². The van der Waals surface area contributed by atoms with Crippen LogP contribution in [0.3, 0.4) is 0 Å². The van der Waals surface area contributed by atoms with Crippen molar-refractivity contribution in [3.8, 4) is 0 Å². The highest BCUT2D eigenvalue weighted by atomic mass is 19.4. The van der Waals surface area contributed by atoms with Gasteiger partial charge in [-0.2, -0.15) is 13.2 Å². The minimum absolute atomic E-state index is 0.157. The van der Waals surface area contributed by atoms with Gasteiger partial charge in [0.25, 0.3) is 0 Å². The Labute approximate surface area is 152 Å². The molecule has 1 aromatic carbocycles. The van der Waals surface area contributed by atoms with E-state index in [-0.39, 0.29) is 5.56 Å². The lowest BCUT2D eigenvalue weighted by Gasteiger charge is -2.31. The van der Waals surface area contributed by atoms with Gasteiger partial charge < -0.3 is 10.4 Å². The highest BCUT2D eigenvalue weighted by Gasteiger charge is 2.36. The van der Waals surface area contributed by atoms with Crippen LogP contribution >= 0.6 is 0 Å². The predicted molar refractivity (Wildman–Crippen MR) is 91.8 cm³/mol. The minimum Gasteiger partial charge on any atom is -0.388 e. The van der Waals surface area contributed by atoms with E-state index in [1.807, 2.05) is 0 Å². The van der Waals surface area contributed by atoms with Crippen molar-refractivity contribution in [2.75, 3.05) is 5.32 Å². The maximum atomic E-state index is 14.0. The maximum Gasteiger partial charge on any atom is 0.419 e. The average molecular weight is 382 g/mol. The first-order valence-corrected chi connectivity index (χ1v) is 8.13. The van der Waals surface area contributed by atoms with Crippen molar-refractivity contribution < 1.29 is 22.7 Å². The summed E-state index contributed by atoms with van der Waals surface area (Å²) < 4.78 is 54.1. The molecule has 0 aliphatic heterocycles. The van der Waals surface area contributed by atoms with Crippen LogP contribution in [0.5, 0.6) is 0 Å². The predicted octanol–water partition coefficient (Wildman–Crippen LogP) is 4.12. The first-order chi connectivity index (χ1) is 12.5. The average Bonchev–Trinajstić information content (AvgIpc) is 2.98. The summed E-state index contributed by atoms with van der Waals surface area (Å²) in [4.78, 5) is 8.53. The molecule has 2 N–H and O–H groups in total. The zero-order chi connectivity index (χ0) is 20.0. The number of fused-ring (bicyclic) bond motifs is 1. The fraction of sp³-hybridized carbons (Fsp3) is 0.333. The maximum absolute atomic E-state index is 14.0. The van der Waals surface area contributed by atoms with Gasteiger partial charge in [-0.15, -0.1) is 0 Å². The Morgan fingerprint density at radius 1 is 1.19 bits per heavy atom. The second-order valence-corrected chi connectivity index (χ2v) is 6.84. The van der Waals surface area contributed by atoms with Crippen LogP contribution in [0.25, 0.3) is 5.65 Å². The zero-order valence-corrected chi connectivity index (χ0v) is 14.8. The lowest BCUT2D eigenvalue weighted by atomic mass is 9.91. The molecule has 2 heterocycles. The highest BCUT2D eigenvalue weighted by Crippen LogP contribution is 2.35. The fourth-order valence-electron chi connectivity index (χ4n) is 2.88. The molecule has 0 fully saturated rings. The van der Waals surface area contributed by atoms with Crippen LogP contribution in [0.2, 0.25) is 0 Å². The number of aliphatic hydroxyl groups is 1. The Morgan fingerprint density at radius 2 is 1.89 bits per heavy atom. The molecule has 0 spiro atoms. The van der Waals surface area contributed by atoms with Crippen LogP contribution in [-0.2, 0) is 6.18 Å². The molecule has 0 saturated carbocycles. The third-order valence-corrected chi connectivity index (χ3v) is 4.13. The van der Waals surface area contributed by atoms with Crippen molar-refractivity contribution >= 4 is 11.6 Å². The second-order valence-electron chi connectivity index (χ2n) is 6.84. The minimum atomic E-state index is -4.79. The molecule has 3 aromatic rings. The number of aromatic nitrogens is 3. The summed E-state index contributed by atoms with van der Waals surface area (Å²) >= 11 is 0. The van der Waals surface area contributed by atoms with E-state index in [0.29, 0.717) is 23.4 Å². The van der Waals surface area contributed by atoms with Crippen molar-refractivity contribution in [3.63, 3.8) is 0 Å². The van der Waals surface area contributed by atoms with Gasteiger partial charge in [0.2, 0.25) is 5.95 Å². The summed E-state index contributed by atoms with van der Waals surface area (Å²) in [7, 11) is 0. The SMILES string of the molecule is Cc1cc2nccn2c(N[C@@H](c2ccc(C(F)(F)F)c(F)c2)C(C)(C)O)n1. The van der Waals surface area contributed by atoms with Crippen LogP contribution in [0.1, 0.15) is 36.7 Å². The van der Waals surface area contributed by atoms with E-state index in [2.05, 4.69) is 15.3 Å². The van der Waals surface area contributed by atoms with E-state index in [1.165, 1.54) is 13.8 Å². The molecule has 144 valence electrons. The third-order valence-electron chi connectivity index (χ3n) is 4.13. The molecule has 0 aliphatic carbocycles. The normalized spacial score (nSPS) is 13.8. The summed E-state index contributed by atoms with van der Waals surface area (Å²) in [6.07, 6.45) is -1.57. The number of aryl methyl sites for hydroxylation is 1. The van der Waals surface area contributed by atoms with Crippen LogP contribution < -0.4 is 5.32 Å². The van der Waals surface area contributed by atoms with E-state index in [0.717, 1.165) is 12.1 Å². The van der Waals surface area contributed by atoms with Gasteiger partial charge in [-0.25, -0.2) is 14.4 Å². The molecule has 0 saturated heterocycles. The molecular weight excluding hydrogens is 364 g/mol. The Bertz CT molecular complexity index is 976. The lowest BCUT2D eigenvalue weighted by molar-refractivity contribution is -0.140. The van der Waals surface area contributed by atoms with E-state index in [4.69, 9.17) is 0 Å². The van der Waals surface area contributed by atoms with Crippen molar-refractivity contribution in [3.05, 3.63) is 59.3 Å². The van der Waals surface area contributed by atoms with Crippen LogP contribution in [-0.4, -0.2) is 25.1 Å². The summed E-state index contributed by atoms with van der Waals surface area (Å²) in [6, 6.07) is 3.42. The lowest BCUT2D eigenvalue weighted by Crippen LogP contribution is -2.35. The van der Waals surface area contributed by atoms with Crippen LogP contribution in [0.4, 0.5) is 23.5 Å². The topological polar surface area (TPSA) is 62.5 Å². The van der Waals surface area contributed by atoms with Gasteiger partial charge in [0, 0.05) is 24.2 Å². The Morgan fingerprint density at radius 3 is 2.48 bits per heavy atom. The van der Waals surface area contributed by atoms with Gasteiger partial charge in [0.15, 0.2) is 0 Å². The van der Waals surface area contributed by atoms with Gasteiger partial charge in [-0.1, -0.05) is 6.07 Å². The molecular formula is C18H18F4N4O. The molecule has 0 radical (unpaired) electrons. The monoisotopic (exact) mass is 382 g/mol. The second kappa shape index (κ2) is 6.49. The zero-order valence-electron chi connectivity index (χ0n) is 14.8. The smallest absolute Gasteiger partial charge is 0.388 e. The quantitative estimate of drug-likeness (QED) is 0.667. The first kappa shape index (κ1) is 19.1. The summed E-state index contributed by atoms with van der Waals surface area (Å²) in [6.45, 7) is 4.71. The number of halogens is 4.